The lowest BCUT2D eigenvalue weighted by atomic mass is 9.98. The van der Waals surface area contributed by atoms with Crippen molar-refractivity contribution in [3.05, 3.63) is 78.2 Å². The molecule has 4 aromatic rings. The fraction of sp³-hybridized carbons (Fsp3) is 0.174. The Balaban J connectivity index is 1.79. The first-order chi connectivity index (χ1) is 14.1. The Morgan fingerprint density at radius 2 is 1.76 bits per heavy atom. The summed E-state index contributed by atoms with van der Waals surface area (Å²) < 4.78 is 12.8. The third-order valence-corrected chi connectivity index (χ3v) is 5.14. The molecule has 0 radical (unpaired) electrons. The molecule has 29 heavy (non-hydrogen) atoms. The number of rotatable bonds is 5. The summed E-state index contributed by atoms with van der Waals surface area (Å²) in [4.78, 5) is 9.06. The molecule has 0 aliphatic heterocycles. The Labute approximate surface area is 169 Å². The number of imidazole rings is 1. The lowest BCUT2D eigenvalue weighted by Crippen LogP contribution is -2.28. The van der Waals surface area contributed by atoms with Gasteiger partial charge in [-0.05, 0) is 36.2 Å². The van der Waals surface area contributed by atoms with Crippen LogP contribution in [0.15, 0.2) is 67.0 Å². The maximum Gasteiger partial charge on any atom is 0.234 e. The molecule has 0 N–H and O–H groups in total. The van der Waals surface area contributed by atoms with Gasteiger partial charge in [0.15, 0.2) is 0 Å². The van der Waals surface area contributed by atoms with Crippen LogP contribution < -0.4 is 0 Å². The molecule has 0 aliphatic carbocycles. The van der Waals surface area contributed by atoms with Crippen molar-refractivity contribution in [2.45, 2.75) is 12.7 Å². The number of fused-ring (bicyclic) bond motifs is 1. The molecule has 2 aromatic carbocycles. The first-order valence-electron chi connectivity index (χ1n) is 9.14. The molecule has 2 heterocycles. The van der Waals surface area contributed by atoms with E-state index >= 15 is 0 Å². The van der Waals surface area contributed by atoms with Crippen LogP contribution in [0.1, 0.15) is 18.2 Å². The Kier molecular flexibility index (Phi) is 4.85. The number of benzene rings is 2. The molecule has 2 aromatic heterocycles. The molecule has 144 valence electrons. The summed E-state index contributed by atoms with van der Waals surface area (Å²) in [6.45, 7) is 1.81. The number of methoxy groups -OCH3 is 2. The SMILES string of the molecule is COC(C)(OC)c1ccn2c(-c3cccc(-c4ccccc4C#N)c3)cnc2n1. The third-order valence-electron chi connectivity index (χ3n) is 5.14. The molecule has 0 fully saturated rings. The highest BCUT2D eigenvalue weighted by atomic mass is 16.7. The van der Waals surface area contributed by atoms with E-state index < -0.39 is 5.79 Å². The minimum Gasteiger partial charge on any atom is -0.348 e. The molecule has 0 aliphatic rings. The van der Waals surface area contributed by atoms with Gasteiger partial charge in [-0.3, -0.25) is 4.40 Å². The highest BCUT2D eigenvalue weighted by Gasteiger charge is 2.28. The van der Waals surface area contributed by atoms with Gasteiger partial charge in [0.2, 0.25) is 11.6 Å². The topological polar surface area (TPSA) is 72.4 Å². The van der Waals surface area contributed by atoms with Gasteiger partial charge in [0.05, 0.1) is 23.5 Å². The van der Waals surface area contributed by atoms with E-state index in [2.05, 4.69) is 22.1 Å². The van der Waals surface area contributed by atoms with E-state index in [9.17, 15) is 5.26 Å². The third kappa shape index (κ3) is 3.27. The van der Waals surface area contributed by atoms with Crippen molar-refractivity contribution in [2.24, 2.45) is 0 Å². The van der Waals surface area contributed by atoms with Gasteiger partial charge in [0, 0.05) is 26.0 Å². The minimum absolute atomic E-state index is 0.556. The van der Waals surface area contributed by atoms with Crippen molar-refractivity contribution in [3.63, 3.8) is 0 Å². The molecule has 0 spiro atoms. The monoisotopic (exact) mass is 384 g/mol. The molecule has 6 heteroatoms. The fourth-order valence-corrected chi connectivity index (χ4v) is 3.31. The van der Waals surface area contributed by atoms with Crippen LogP contribution in [0.5, 0.6) is 0 Å². The minimum atomic E-state index is -0.936. The number of nitriles is 1. The van der Waals surface area contributed by atoms with E-state index in [0.29, 0.717) is 17.0 Å². The Morgan fingerprint density at radius 1 is 1.00 bits per heavy atom. The molecule has 0 saturated carbocycles. The first-order valence-corrected chi connectivity index (χ1v) is 9.14. The van der Waals surface area contributed by atoms with Crippen LogP contribution in [0.2, 0.25) is 0 Å². The summed E-state index contributed by atoms with van der Waals surface area (Å²) in [5, 5.41) is 9.41. The number of nitrogens with zero attached hydrogens (tertiary/aromatic N) is 4. The Bertz CT molecular complexity index is 1220. The van der Waals surface area contributed by atoms with E-state index in [1.54, 1.807) is 20.4 Å². The second-order valence-corrected chi connectivity index (χ2v) is 6.72. The van der Waals surface area contributed by atoms with Crippen LogP contribution in [-0.4, -0.2) is 28.6 Å². The molecule has 0 atom stereocenters. The molecular formula is C23H20N4O2. The number of ether oxygens (including phenoxy) is 2. The van der Waals surface area contributed by atoms with Crippen molar-refractivity contribution in [1.82, 2.24) is 14.4 Å². The van der Waals surface area contributed by atoms with Crippen molar-refractivity contribution >= 4 is 5.78 Å². The van der Waals surface area contributed by atoms with Crippen LogP contribution in [-0.2, 0) is 15.3 Å². The van der Waals surface area contributed by atoms with Gasteiger partial charge in [-0.2, -0.15) is 5.26 Å². The molecular weight excluding hydrogens is 364 g/mol. The quantitative estimate of drug-likeness (QED) is 0.477. The lowest BCUT2D eigenvalue weighted by Gasteiger charge is -2.25. The average Bonchev–Trinajstić information content (AvgIpc) is 3.22. The predicted octanol–water partition coefficient (Wildman–Crippen LogP) is 4.40. The summed E-state index contributed by atoms with van der Waals surface area (Å²) in [6, 6.07) is 19.8. The summed E-state index contributed by atoms with van der Waals surface area (Å²) >= 11 is 0. The van der Waals surface area contributed by atoms with Gasteiger partial charge in [0.1, 0.15) is 5.69 Å². The highest BCUT2D eigenvalue weighted by molar-refractivity contribution is 5.75. The van der Waals surface area contributed by atoms with Crippen molar-refractivity contribution < 1.29 is 9.47 Å². The zero-order valence-corrected chi connectivity index (χ0v) is 16.5. The van der Waals surface area contributed by atoms with Crippen LogP contribution in [0.25, 0.3) is 28.2 Å². The van der Waals surface area contributed by atoms with Crippen LogP contribution in [0.3, 0.4) is 0 Å². The predicted molar refractivity (Wildman–Crippen MR) is 110 cm³/mol. The summed E-state index contributed by atoms with van der Waals surface area (Å²) in [5.41, 5.74) is 5.06. The highest BCUT2D eigenvalue weighted by Crippen LogP contribution is 2.30. The van der Waals surface area contributed by atoms with Gasteiger partial charge in [-0.25, -0.2) is 9.97 Å². The number of hydrogen-bond acceptors (Lipinski definition) is 5. The molecule has 0 bridgehead atoms. The first kappa shape index (κ1) is 18.8. The second kappa shape index (κ2) is 7.47. The van der Waals surface area contributed by atoms with Gasteiger partial charge in [-0.15, -0.1) is 0 Å². The van der Waals surface area contributed by atoms with E-state index in [-0.39, 0.29) is 0 Å². The fourth-order valence-electron chi connectivity index (χ4n) is 3.31. The summed E-state index contributed by atoms with van der Waals surface area (Å²) in [6.07, 6.45) is 3.70. The zero-order valence-electron chi connectivity index (χ0n) is 16.5. The Morgan fingerprint density at radius 3 is 2.52 bits per heavy atom. The molecule has 0 saturated heterocycles. The van der Waals surface area contributed by atoms with Crippen molar-refractivity contribution in [3.8, 4) is 28.5 Å². The average molecular weight is 384 g/mol. The molecule has 4 rings (SSSR count). The van der Waals surface area contributed by atoms with E-state index in [1.165, 1.54) is 0 Å². The summed E-state index contributed by atoms with van der Waals surface area (Å²) in [7, 11) is 3.16. The summed E-state index contributed by atoms with van der Waals surface area (Å²) in [5.74, 6) is -0.380. The van der Waals surface area contributed by atoms with Crippen LogP contribution >= 0.6 is 0 Å². The normalized spacial score (nSPS) is 11.5. The molecule has 0 amide bonds. The maximum absolute atomic E-state index is 9.41. The second-order valence-electron chi connectivity index (χ2n) is 6.72. The Hall–Kier alpha value is -3.53. The molecule has 6 nitrogen and oxygen atoms in total. The number of hydrogen-bond donors (Lipinski definition) is 0. The standard InChI is InChI=1S/C23H20N4O2/c1-23(28-2,29-3)21-11-12-27-20(15-25-22(27)26-21)17-9-6-8-16(13-17)19-10-5-4-7-18(19)14-24/h4-13,15H,1-3H3. The largest absolute Gasteiger partial charge is 0.348 e. The van der Waals surface area contributed by atoms with Crippen molar-refractivity contribution in [2.75, 3.05) is 14.2 Å². The van der Waals surface area contributed by atoms with Crippen molar-refractivity contribution in [1.29, 1.82) is 5.26 Å². The maximum atomic E-state index is 9.41. The van der Waals surface area contributed by atoms with Gasteiger partial charge >= 0.3 is 0 Å². The number of aromatic nitrogens is 3. The van der Waals surface area contributed by atoms with Gasteiger partial charge in [0.25, 0.3) is 0 Å². The van der Waals surface area contributed by atoms with Gasteiger partial charge < -0.3 is 9.47 Å². The zero-order chi connectivity index (χ0) is 20.4. The van der Waals surface area contributed by atoms with E-state index in [4.69, 9.17) is 9.47 Å². The van der Waals surface area contributed by atoms with Crippen LogP contribution in [0, 0.1) is 11.3 Å². The molecule has 0 unspecified atom stereocenters. The van der Waals surface area contributed by atoms with E-state index in [0.717, 1.165) is 22.4 Å². The van der Waals surface area contributed by atoms with Crippen LogP contribution in [0.4, 0.5) is 0 Å². The lowest BCUT2D eigenvalue weighted by molar-refractivity contribution is -0.204. The van der Waals surface area contributed by atoms with Gasteiger partial charge in [-0.1, -0.05) is 36.4 Å². The van der Waals surface area contributed by atoms with E-state index in [1.807, 2.05) is 66.1 Å². The smallest absolute Gasteiger partial charge is 0.234 e.